The third kappa shape index (κ3) is 2.06. The van der Waals surface area contributed by atoms with Gasteiger partial charge in [0.05, 0.1) is 11.3 Å². The third-order valence-corrected chi connectivity index (χ3v) is 3.70. The lowest BCUT2D eigenvalue weighted by molar-refractivity contribution is 0.617. The van der Waals surface area contributed by atoms with Crippen LogP contribution in [0.4, 0.5) is 5.69 Å². The van der Waals surface area contributed by atoms with Crippen LogP contribution in [0.3, 0.4) is 0 Å². The Balaban J connectivity index is 2.28. The summed E-state index contributed by atoms with van der Waals surface area (Å²) in [4.78, 5) is 2.27. The van der Waals surface area contributed by atoms with Crippen molar-refractivity contribution >= 4 is 21.6 Å². The van der Waals surface area contributed by atoms with E-state index in [-0.39, 0.29) is 0 Å². The van der Waals surface area contributed by atoms with Crippen LogP contribution in [0.2, 0.25) is 0 Å². The summed E-state index contributed by atoms with van der Waals surface area (Å²) in [7, 11) is 1.99. The zero-order chi connectivity index (χ0) is 11.5. The summed E-state index contributed by atoms with van der Waals surface area (Å²) in [5.74, 6) is 0. The van der Waals surface area contributed by atoms with Gasteiger partial charge in [0.1, 0.15) is 6.07 Å². The summed E-state index contributed by atoms with van der Waals surface area (Å²) in [6.07, 6.45) is 1.13. The van der Waals surface area contributed by atoms with Gasteiger partial charge < -0.3 is 10.2 Å². The second kappa shape index (κ2) is 4.86. The Kier molecular flexibility index (Phi) is 3.47. The molecule has 1 saturated heterocycles. The van der Waals surface area contributed by atoms with Gasteiger partial charge in [-0.1, -0.05) is 6.07 Å². The molecule has 1 N–H and O–H groups in total. The molecule has 0 spiro atoms. The van der Waals surface area contributed by atoms with E-state index in [2.05, 4.69) is 32.2 Å². The second-order valence-corrected chi connectivity index (χ2v) is 4.82. The van der Waals surface area contributed by atoms with Gasteiger partial charge in [-0.25, -0.2) is 0 Å². The topological polar surface area (TPSA) is 39.1 Å². The minimum Gasteiger partial charge on any atom is -0.369 e. The van der Waals surface area contributed by atoms with Crippen molar-refractivity contribution in [2.75, 3.05) is 25.0 Å². The van der Waals surface area contributed by atoms with Gasteiger partial charge in [0.2, 0.25) is 0 Å². The predicted molar refractivity (Wildman–Crippen MR) is 68.5 cm³/mol. The van der Waals surface area contributed by atoms with Crippen LogP contribution in [0.25, 0.3) is 0 Å². The first-order valence-corrected chi connectivity index (χ1v) is 6.16. The minimum absolute atomic E-state index is 0.533. The highest BCUT2D eigenvalue weighted by Crippen LogP contribution is 2.29. The van der Waals surface area contributed by atoms with E-state index in [1.807, 2.05) is 25.2 Å². The monoisotopic (exact) mass is 279 g/mol. The Labute approximate surface area is 104 Å². The summed E-state index contributed by atoms with van der Waals surface area (Å²) >= 11 is 3.42. The van der Waals surface area contributed by atoms with Gasteiger partial charge >= 0.3 is 0 Å². The number of nitrogens with one attached hydrogen (secondary N) is 1. The summed E-state index contributed by atoms with van der Waals surface area (Å²) in [6.45, 7) is 1.98. The molecule has 1 unspecified atom stereocenters. The quantitative estimate of drug-likeness (QED) is 0.902. The van der Waals surface area contributed by atoms with Crippen molar-refractivity contribution < 1.29 is 0 Å². The first-order valence-electron chi connectivity index (χ1n) is 5.37. The van der Waals surface area contributed by atoms with Crippen LogP contribution in [0.5, 0.6) is 0 Å². The molecule has 16 heavy (non-hydrogen) atoms. The zero-order valence-corrected chi connectivity index (χ0v) is 10.8. The summed E-state index contributed by atoms with van der Waals surface area (Å²) in [6, 6.07) is 8.70. The van der Waals surface area contributed by atoms with Gasteiger partial charge in [-0.05, 0) is 41.5 Å². The summed E-state index contributed by atoms with van der Waals surface area (Å²) in [5, 5.41) is 12.4. The smallest absolute Gasteiger partial charge is 0.103 e. The number of benzene rings is 1. The van der Waals surface area contributed by atoms with Crippen LogP contribution < -0.4 is 10.2 Å². The van der Waals surface area contributed by atoms with Crippen molar-refractivity contribution in [3.63, 3.8) is 0 Å². The zero-order valence-electron chi connectivity index (χ0n) is 9.20. The first kappa shape index (κ1) is 11.4. The molecule has 1 aromatic carbocycles. The molecule has 0 amide bonds. The molecule has 1 fully saturated rings. The Bertz CT molecular complexity index is 425. The number of hydrogen-bond acceptors (Lipinski definition) is 3. The molecule has 4 heteroatoms. The highest BCUT2D eigenvalue weighted by atomic mass is 79.9. The Hall–Kier alpha value is -1.05. The lowest BCUT2D eigenvalue weighted by atomic mass is 10.2. The maximum atomic E-state index is 9.16. The van der Waals surface area contributed by atoms with Crippen molar-refractivity contribution in [3.8, 4) is 6.07 Å². The van der Waals surface area contributed by atoms with Crippen molar-refractivity contribution in [3.05, 3.63) is 28.2 Å². The standard InChI is InChI=1S/C12H14BrN3/c1-15-9-5-6-16(8-9)12-4-2-3-11(13)10(12)7-14/h2-4,9,15H,5-6,8H2,1H3. The highest BCUT2D eigenvalue weighted by Gasteiger charge is 2.23. The molecule has 1 atom stereocenters. The average molecular weight is 280 g/mol. The number of likely N-dealkylation sites (N-methyl/N-ethyl adjacent to an activating group) is 1. The number of nitrogens with zero attached hydrogens (tertiary/aromatic N) is 2. The highest BCUT2D eigenvalue weighted by molar-refractivity contribution is 9.10. The molecule has 1 aromatic rings. The van der Waals surface area contributed by atoms with Gasteiger partial charge in [0.15, 0.2) is 0 Å². The molecule has 84 valence electrons. The Morgan fingerprint density at radius 3 is 3.00 bits per heavy atom. The number of rotatable bonds is 2. The van der Waals surface area contributed by atoms with Gasteiger partial charge in [0, 0.05) is 23.6 Å². The lowest BCUT2D eigenvalue weighted by Crippen LogP contribution is -2.29. The van der Waals surface area contributed by atoms with E-state index in [4.69, 9.17) is 5.26 Å². The van der Waals surface area contributed by atoms with Crippen LogP contribution in [0.1, 0.15) is 12.0 Å². The van der Waals surface area contributed by atoms with E-state index in [0.717, 1.165) is 35.2 Å². The summed E-state index contributed by atoms with van der Waals surface area (Å²) < 4.78 is 0.875. The number of hydrogen-bond donors (Lipinski definition) is 1. The Morgan fingerprint density at radius 2 is 2.38 bits per heavy atom. The molecule has 0 saturated carbocycles. The lowest BCUT2D eigenvalue weighted by Gasteiger charge is -2.20. The van der Waals surface area contributed by atoms with E-state index in [1.54, 1.807) is 0 Å². The second-order valence-electron chi connectivity index (χ2n) is 3.97. The molecule has 0 aromatic heterocycles. The molecule has 2 rings (SSSR count). The fourth-order valence-corrected chi connectivity index (χ4v) is 2.55. The van der Waals surface area contributed by atoms with E-state index in [9.17, 15) is 0 Å². The van der Waals surface area contributed by atoms with Crippen molar-refractivity contribution in [2.24, 2.45) is 0 Å². The van der Waals surface area contributed by atoms with E-state index in [1.165, 1.54) is 0 Å². The molecular weight excluding hydrogens is 266 g/mol. The van der Waals surface area contributed by atoms with Gasteiger partial charge in [0.25, 0.3) is 0 Å². The number of halogens is 1. The third-order valence-electron chi connectivity index (χ3n) is 3.04. The molecule has 0 bridgehead atoms. The van der Waals surface area contributed by atoms with Crippen molar-refractivity contribution in [1.82, 2.24) is 5.32 Å². The van der Waals surface area contributed by atoms with Gasteiger partial charge in [-0.2, -0.15) is 5.26 Å². The first-order chi connectivity index (χ1) is 7.76. The molecule has 0 aliphatic carbocycles. The van der Waals surface area contributed by atoms with Gasteiger partial charge in [-0.3, -0.25) is 0 Å². The van der Waals surface area contributed by atoms with Crippen LogP contribution in [-0.2, 0) is 0 Å². The van der Waals surface area contributed by atoms with E-state index in [0.29, 0.717) is 6.04 Å². The summed E-state index contributed by atoms with van der Waals surface area (Å²) in [5.41, 5.74) is 1.77. The van der Waals surface area contributed by atoms with E-state index < -0.39 is 0 Å². The van der Waals surface area contributed by atoms with Crippen molar-refractivity contribution in [1.29, 1.82) is 5.26 Å². The fourth-order valence-electron chi connectivity index (χ4n) is 2.10. The number of nitriles is 1. The van der Waals surface area contributed by atoms with Crippen LogP contribution in [0, 0.1) is 11.3 Å². The van der Waals surface area contributed by atoms with Crippen LogP contribution in [-0.4, -0.2) is 26.2 Å². The van der Waals surface area contributed by atoms with Gasteiger partial charge in [-0.15, -0.1) is 0 Å². The molecule has 0 radical (unpaired) electrons. The average Bonchev–Trinajstić information content (AvgIpc) is 2.77. The maximum absolute atomic E-state index is 9.16. The molecule has 1 aliphatic heterocycles. The fraction of sp³-hybridized carbons (Fsp3) is 0.417. The largest absolute Gasteiger partial charge is 0.369 e. The Morgan fingerprint density at radius 1 is 1.56 bits per heavy atom. The van der Waals surface area contributed by atoms with E-state index >= 15 is 0 Å². The predicted octanol–water partition coefficient (Wildman–Crippen LogP) is 2.12. The number of anilines is 1. The molecule has 1 heterocycles. The van der Waals surface area contributed by atoms with Crippen LogP contribution >= 0.6 is 15.9 Å². The maximum Gasteiger partial charge on any atom is 0.103 e. The molecular formula is C12H14BrN3. The van der Waals surface area contributed by atoms with Crippen molar-refractivity contribution in [2.45, 2.75) is 12.5 Å². The van der Waals surface area contributed by atoms with Crippen LogP contribution in [0.15, 0.2) is 22.7 Å². The minimum atomic E-state index is 0.533. The normalized spacial score (nSPS) is 19.8. The SMILES string of the molecule is CNC1CCN(c2cccc(Br)c2C#N)C1. The molecule has 1 aliphatic rings. The molecule has 3 nitrogen and oxygen atoms in total.